The van der Waals surface area contributed by atoms with E-state index in [-0.39, 0.29) is 11.2 Å². The largest absolute Gasteiger partial charge is 0.497 e. The molecule has 1 heterocycles. The SMILES string of the molecule is COc1ccc(Nc2nnc(S[C@@H](C)C(=O)Nc3ccccc3)s2)cc1. The number of ether oxygens (including phenoxy) is 1. The first-order valence-corrected chi connectivity index (χ1v) is 9.61. The summed E-state index contributed by atoms with van der Waals surface area (Å²) in [7, 11) is 1.63. The molecule has 0 fully saturated rings. The van der Waals surface area contributed by atoms with E-state index < -0.39 is 0 Å². The van der Waals surface area contributed by atoms with Gasteiger partial charge in [-0.3, -0.25) is 4.79 Å². The van der Waals surface area contributed by atoms with Crippen molar-refractivity contribution in [2.75, 3.05) is 17.7 Å². The number of carbonyl (C=O) groups is 1. The minimum atomic E-state index is -0.281. The number of anilines is 3. The van der Waals surface area contributed by atoms with E-state index in [0.29, 0.717) is 5.13 Å². The molecule has 1 aromatic heterocycles. The van der Waals surface area contributed by atoms with Crippen molar-refractivity contribution in [2.45, 2.75) is 16.5 Å². The van der Waals surface area contributed by atoms with E-state index >= 15 is 0 Å². The van der Waals surface area contributed by atoms with Crippen LogP contribution < -0.4 is 15.4 Å². The minimum absolute atomic E-state index is 0.0685. The van der Waals surface area contributed by atoms with Crippen LogP contribution in [0.5, 0.6) is 5.75 Å². The molecular weight excluding hydrogens is 368 g/mol. The van der Waals surface area contributed by atoms with Gasteiger partial charge < -0.3 is 15.4 Å². The molecule has 0 radical (unpaired) electrons. The zero-order chi connectivity index (χ0) is 18.4. The Labute approximate surface area is 160 Å². The van der Waals surface area contributed by atoms with Crippen LogP contribution in [-0.4, -0.2) is 28.5 Å². The molecule has 0 bridgehead atoms. The Morgan fingerprint density at radius 2 is 1.81 bits per heavy atom. The summed E-state index contributed by atoms with van der Waals surface area (Å²) in [6.07, 6.45) is 0. The Hall–Kier alpha value is -2.58. The number of rotatable bonds is 7. The maximum Gasteiger partial charge on any atom is 0.237 e. The van der Waals surface area contributed by atoms with Crippen LogP contribution in [0.25, 0.3) is 0 Å². The first-order valence-electron chi connectivity index (χ1n) is 7.91. The standard InChI is InChI=1S/C18H18N4O2S2/c1-12(16(23)19-13-6-4-3-5-7-13)25-18-22-21-17(26-18)20-14-8-10-15(24-2)11-9-14/h3-12H,1-2H3,(H,19,23)(H,20,21)/t12-/m0/s1. The first-order chi connectivity index (χ1) is 12.6. The highest BCUT2D eigenvalue weighted by Gasteiger charge is 2.17. The second-order valence-corrected chi connectivity index (χ2v) is 7.91. The van der Waals surface area contributed by atoms with Crippen molar-refractivity contribution < 1.29 is 9.53 Å². The fourth-order valence-electron chi connectivity index (χ4n) is 2.08. The van der Waals surface area contributed by atoms with Crippen LogP contribution in [0.1, 0.15) is 6.92 Å². The maximum absolute atomic E-state index is 12.3. The topological polar surface area (TPSA) is 76.1 Å². The van der Waals surface area contributed by atoms with E-state index in [2.05, 4.69) is 20.8 Å². The average molecular weight is 387 g/mol. The van der Waals surface area contributed by atoms with Gasteiger partial charge in [0.05, 0.1) is 12.4 Å². The van der Waals surface area contributed by atoms with Gasteiger partial charge in [-0.15, -0.1) is 10.2 Å². The molecule has 2 N–H and O–H groups in total. The normalized spacial score (nSPS) is 11.6. The smallest absolute Gasteiger partial charge is 0.237 e. The Balaban J connectivity index is 1.56. The van der Waals surface area contributed by atoms with Gasteiger partial charge in [0, 0.05) is 11.4 Å². The van der Waals surface area contributed by atoms with E-state index in [1.165, 1.54) is 23.1 Å². The summed E-state index contributed by atoms with van der Waals surface area (Å²) >= 11 is 2.79. The number of nitrogens with one attached hydrogen (secondary N) is 2. The van der Waals surface area contributed by atoms with Gasteiger partial charge in [0.2, 0.25) is 11.0 Å². The summed E-state index contributed by atoms with van der Waals surface area (Å²) in [6, 6.07) is 16.9. The van der Waals surface area contributed by atoms with Crippen molar-refractivity contribution in [3.8, 4) is 5.75 Å². The predicted molar refractivity (Wildman–Crippen MR) is 107 cm³/mol. The van der Waals surface area contributed by atoms with Gasteiger partial charge >= 0.3 is 0 Å². The maximum atomic E-state index is 12.3. The molecule has 1 atom stereocenters. The van der Waals surface area contributed by atoms with Gasteiger partial charge in [-0.25, -0.2) is 0 Å². The van der Waals surface area contributed by atoms with Crippen LogP contribution >= 0.6 is 23.1 Å². The predicted octanol–water partition coefficient (Wildman–Crippen LogP) is 4.41. The Morgan fingerprint density at radius 1 is 1.08 bits per heavy atom. The molecule has 3 aromatic rings. The molecule has 6 nitrogen and oxygen atoms in total. The monoisotopic (exact) mass is 386 g/mol. The van der Waals surface area contributed by atoms with E-state index in [4.69, 9.17) is 4.74 Å². The highest BCUT2D eigenvalue weighted by molar-refractivity contribution is 8.02. The van der Waals surface area contributed by atoms with Crippen LogP contribution in [0, 0.1) is 0 Å². The van der Waals surface area contributed by atoms with Gasteiger partial charge in [-0.05, 0) is 43.3 Å². The lowest BCUT2D eigenvalue weighted by Gasteiger charge is -2.09. The number of carbonyl (C=O) groups excluding carboxylic acids is 1. The third kappa shape index (κ3) is 4.96. The fraction of sp³-hybridized carbons (Fsp3) is 0.167. The summed E-state index contributed by atoms with van der Waals surface area (Å²) < 4.78 is 5.87. The van der Waals surface area contributed by atoms with Gasteiger partial charge in [0.25, 0.3) is 0 Å². The third-order valence-corrected chi connectivity index (χ3v) is 5.46. The highest BCUT2D eigenvalue weighted by Crippen LogP contribution is 2.31. The Bertz CT molecular complexity index is 853. The van der Waals surface area contributed by atoms with E-state index in [9.17, 15) is 4.79 Å². The van der Waals surface area contributed by atoms with Crippen LogP contribution in [0.3, 0.4) is 0 Å². The Kier molecular flexibility index (Phi) is 6.08. The molecule has 0 saturated heterocycles. The fourth-order valence-corrected chi connectivity index (χ4v) is 3.99. The van der Waals surface area contributed by atoms with Gasteiger partial charge in [0.15, 0.2) is 4.34 Å². The molecule has 3 rings (SSSR count). The lowest BCUT2D eigenvalue weighted by atomic mass is 10.3. The molecule has 0 saturated carbocycles. The zero-order valence-corrected chi connectivity index (χ0v) is 15.9. The lowest BCUT2D eigenvalue weighted by molar-refractivity contribution is -0.115. The van der Waals surface area contributed by atoms with Crippen LogP contribution in [0.15, 0.2) is 58.9 Å². The molecule has 26 heavy (non-hydrogen) atoms. The summed E-state index contributed by atoms with van der Waals surface area (Å²) in [4.78, 5) is 12.3. The van der Waals surface area contributed by atoms with Crippen LogP contribution in [0.4, 0.5) is 16.5 Å². The number of amides is 1. The Morgan fingerprint density at radius 3 is 2.50 bits per heavy atom. The second-order valence-electron chi connectivity index (χ2n) is 5.34. The molecule has 0 unspecified atom stereocenters. The number of thioether (sulfide) groups is 1. The van der Waals surface area contributed by atoms with Crippen LogP contribution in [0.2, 0.25) is 0 Å². The summed E-state index contributed by atoms with van der Waals surface area (Å²) in [6.45, 7) is 1.85. The summed E-state index contributed by atoms with van der Waals surface area (Å²) in [5.74, 6) is 0.725. The zero-order valence-electron chi connectivity index (χ0n) is 14.3. The summed E-state index contributed by atoms with van der Waals surface area (Å²) in [5.41, 5.74) is 1.68. The third-order valence-electron chi connectivity index (χ3n) is 3.44. The second kappa shape index (κ2) is 8.68. The number of hydrogen-bond acceptors (Lipinski definition) is 7. The van der Waals surface area contributed by atoms with Gasteiger partial charge in [-0.2, -0.15) is 0 Å². The molecule has 2 aromatic carbocycles. The quantitative estimate of drug-likeness (QED) is 0.586. The molecule has 0 spiro atoms. The molecule has 0 aliphatic rings. The number of para-hydroxylation sites is 1. The van der Waals surface area contributed by atoms with Crippen molar-refractivity contribution in [2.24, 2.45) is 0 Å². The van der Waals surface area contributed by atoms with Crippen LogP contribution in [-0.2, 0) is 4.79 Å². The molecule has 1 amide bonds. The highest BCUT2D eigenvalue weighted by atomic mass is 32.2. The number of benzene rings is 2. The lowest BCUT2D eigenvalue weighted by Crippen LogP contribution is -2.22. The van der Waals surface area contributed by atoms with Crippen molar-refractivity contribution in [3.05, 3.63) is 54.6 Å². The molecular formula is C18H18N4O2S2. The van der Waals surface area contributed by atoms with E-state index in [0.717, 1.165) is 21.5 Å². The van der Waals surface area contributed by atoms with E-state index in [1.807, 2.05) is 61.5 Å². The van der Waals surface area contributed by atoms with Crippen molar-refractivity contribution in [3.63, 3.8) is 0 Å². The molecule has 134 valence electrons. The van der Waals surface area contributed by atoms with Crippen molar-refractivity contribution in [1.82, 2.24) is 10.2 Å². The van der Waals surface area contributed by atoms with E-state index in [1.54, 1.807) is 7.11 Å². The number of nitrogens with zero attached hydrogens (tertiary/aromatic N) is 2. The average Bonchev–Trinajstić information content (AvgIpc) is 3.10. The number of hydrogen-bond donors (Lipinski definition) is 2. The number of aromatic nitrogens is 2. The molecule has 8 heteroatoms. The molecule has 0 aliphatic carbocycles. The minimum Gasteiger partial charge on any atom is -0.497 e. The number of methoxy groups -OCH3 is 1. The van der Waals surface area contributed by atoms with Gasteiger partial charge in [0.1, 0.15) is 5.75 Å². The first kappa shape index (κ1) is 18.2. The van der Waals surface area contributed by atoms with Gasteiger partial charge in [-0.1, -0.05) is 41.3 Å². The summed E-state index contributed by atoms with van der Waals surface area (Å²) in [5, 5.41) is 14.7. The van der Waals surface area contributed by atoms with Crippen molar-refractivity contribution >= 4 is 45.5 Å². The molecule has 0 aliphatic heterocycles. The van der Waals surface area contributed by atoms with Crippen molar-refractivity contribution in [1.29, 1.82) is 0 Å².